The number of hydrogen-bond acceptors (Lipinski definition) is 4. The highest BCUT2D eigenvalue weighted by Crippen LogP contribution is 2.40. The Morgan fingerprint density at radius 3 is 2.47 bits per heavy atom. The van der Waals surface area contributed by atoms with E-state index in [1.54, 1.807) is 11.8 Å². The van der Waals surface area contributed by atoms with Crippen molar-refractivity contribution in [1.82, 2.24) is 5.43 Å². The van der Waals surface area contributed by atoms with Crippen molar-refractivity contribution in [2.24, 2.45) is 5.10 Å². The maximum absolute atomic E-state index is 5.72. The van der Waals surface area contributed by atoms with Gasteiger partial charge in [0.25, 0.3) is 0 Å². The molecule has 0 aliphatic carbocycles. The van der Waals surface area contributed by atoms with E-state index in [1.807, 2.05) is 19.1 Å². The van der Waals surface area contributed by atoms with Gasteiger partial charge < -0.3 is 4.42 Å². The molecular weight excluding hydrogens is 256 g/mol. The number of benzene rings is 1. The summed E-state index contributed by atoms with van der Waals surface area (Å²) in [5.41, 5.74) is 5.57. The van der Waals surface area contributed by atoms with Crippen molar-refractivity contribution in [3.05, 3.63) is 59.0 Å². The van der Waals surface area contributed by atoms with Gasteiger partial charge in [0.1, 0.15) is 16.6 Å². The summed E-state index contributed by atoms with van der Waals surface area (Å²) in [5.74, 6) is 1.82. The number of hydrogen-bond donors (Lipinski definition) is 1. The maximum atomic E-state index is 5.72. The summed E-state index contributed by atoms with van der Waals surface area (Å²) in [6, 6.07) is 12.4. The van der Waals surface area contributed by atoms with Crippen LogP contribution in [0.3, 0.4) is 0 Å². The van der Waals surface area contributed by atoms with Crippen molar-refractivity contribution in [1.29, 1.82) is 0 Å². The van der Waals surface area contributed by atoms with Gasteiger partial charge in [0.2, 0.25) is 0 Å². The molecule has 2 heterocycles. The highest BCUT2D eigenvalue weighted by molar-refractivity contribution is 8.15. The fraction of sp³-hybridized carbons (Fsp3) is 0.267. The minimum Gasteiger partial charge on any atom is -0.463 e. The number of aryl methyl sites for hydroxylation is 2. The highest BCUT2D eigenvalue weighted by Gasteiger charge is 2.37. The third-order valence-corrected chi connectivity index (χ3v) is 4.40. The van der Waals surface area contributed by atoms with Gasteiger partial charge in [0, 0.05) is 5.56 Å². The monoisotopic (exact) mass is 272 g/mol. The number of thioether (sulfide) groups is 1. The normalized spacial score (nSPS) is 22.2. The van der Waals surface area contributed by atoms with E-state index in [1.165, 1.54) is 5.56 Å². The van der Waals surface area contributed by atoms with Gasteiger partial charge in [-0.15, -0.1) is 0 Å². The Kier molecular flexibility index (Phi) is 2.90. The van der Waals surface area contributed by atoms with Gasteiger partial charge >= 0.3 is 0 Å². The molecule has 1 aromatic heterocycles. The summed E-state index contributed by atoms with van der Waals surface area (Å²) in [6.07, 6.45) is 0. The Hall–Kier alpha value is -1.68. The topological polar surface area (TPSA) is 37.5 Å². The Morgan fingerprint density at radius 1 is 1.11 bits per heavy atom. The van der Waals surface area contributed by atoms with Gasteiger partial charge in [-0.1, -0.05) is 41.6 Å². The van der Waals surface area contributed by atoms with Crippen LogP contribution in [0.5, 0.6) is 0 Å². The fourth-order valence-corrected chi connectivity index (χ4v) is 3.05. The Morgan fingerprint density at radius 2 is 1.84 bits per heavy atom. The summed E-state index contributed by atoms with van der Waals surface area (Å²) in [7, 11) is 0. The molecular formula is C15H16N2OS. The zero-order valence-electron chi connectivity index (χ0n) is 11.2. The number of furan rings is 1. The molecule has 0 radical (unpaired) electrons. The van der Waals surface area contributed by atoms with E-state index in [0.717, 1.165) is 22.1 Å². The molecule has 1 aliphatic rings. The maximum Gasteiger partial charge on any atom is 0.160 e. The molecule has 1 aromatic carbocycles. The van der Waals surface area contributed by atoms with Gasteiger partial charge in [0.15, 0.2) is 4.87 Å². The quantitative estimate of drug-likeness (QED) is 0.904. The van der Waals surface area contributed by atoms with Crippen LogP contribution in [0.2, 0.25) is 0 Å². The largest absolute Gasteiger partial charge is 0.463 e. The number of hydrazone groups is 1. The Labute approximate surface area is 117 Å². The molecule has 98 valence electrons. The van der Waals surface area contributed by atoms with Crippen molar-refractivity contribution in [3.8, 4) is 0 Å². The molecule has 0 saturated heterocycles. The van der Waals surface area contributed by atoms with Crippen LogP contribution in [0, 0.1) is 13.8 Å². The van der Waals surface area contributed by atoms with Crippen molar-refractivity contribution in [2.75, 3.05) is 0 Å². The second-order valence-corrected chi connectivity index (χ2v) is 6.35. The third kappa shape index (κ3) is 2.28. The van der Waals surface area contributed by atoms with Gasteiger partial charge in [-0.3, -0.25) is 5.43 Å². The van der Waals surface area contributed by atoms with Crippen molar-refractivity contribution >= 4 is 16.8 Å². The molecule has 0 fully saturated rings. The van der Waals surface area contributed by atoms with E-state index in [9.17, 15) is 0 Å². The van der Waals surface area contributed by atoms with Crippen LogP contribution in [-0.4, -0.2) is 5.04 Å². The number of nitrogens with one attached hydrogen (secondary N) is 1. The minimum absolute atomic E-state index is 0.325. The van der Waals surface area contributed by atoms with Gasteiger partial charge in [-0.05, 0) is 32.9 Å². The predicted molar refractivity (Wildman–Crippen MR) is 79.2 cm³/mol. The molecule has 2 aromatic rings. The summed E-state index contributed by atoms with van der Waals surface area (Å²) in [4.78, 5) is -0.325. The zero-order valence-corrected chi connectivity index (χ0v) is 12.0. The molecule has 0 unspecified atom stereocenters. The number of nitrogens with zero attached hydrogens (tertiary/aromatic N) is 1. The summed E-state index contributed by atoms with van der Waals surface area (Å²) in [6.45, 7) is 6.12. The average Bonchev–Trinajstić information content (AvgIpc) is 2.98. The van der Waals surface area contributed by atoms with Gasteiger partial charge in [0.05, 0.1) is 0 Å². The summed E-state index contributed by atoms with van der Waals surface area (Å²) >= 11 is 1.68. The van der Waals surface area contributed by atoms with E-state index in [0.29, 0.717) is 0 Å². The highest BCUT2D eigenvalue weighted by atomic mass is 32.2. The molecule has 0 saturated carbocycles. The SMILES string of the molecule is Cc1ccc(C2=NN[C@@](C)(c3ccc(C)o3)S2)cc1. The summed E-state index contributed by atoms with van der Waals surface area (Å²) < 4.78 is 5.72. The molecule has 3 nitrogen and oxygen atoms in total. The van der Waals surface area contributed by atoms with Crippen LogP contribution in [0.4, 0.5) is 0 Å². The zero-order chi connectivity index (χ0) is 13.5. The lowest BCUT2D eigenvalue weighted by Crippen LogP contribution is -2.28. The number of rotatable bonds is 2. The Bertz CT molecular complexity index is 630. The minimum atomic E-state index is -0.325. The van der Waals surface area contributed by atoms with Crippen molar-refractivity contribution < 1.29 is 4.42 Å². The van der Waals surface area contributed by atoms with E-state index >= 15 is 0 Å². The molecule has 3 rings (SSSR count). The molecule has 1 aliphatic heterocycles. The van der Waals surface area contributed by atoms with Crippen LogP contribution in [-0.2, 0) is 4.87 Å². The fourth-order valence-electron chi connectivity index (χ4n) is 2.01. The van der Waals surface area contributed by atoms with Crippen LogP contribution < -0.4 is 5.43 Å². The first-order chi connectivity index (χ1) is 9.07. The van der Waals surface area contributed by atoms with Gasteiger partial charge in [-0.2, -0.15) is 5.10 Å². The molecule has 0 bridgehead atoms. The molecule has 0 spiro atoms. The molecule has 1 N–H and O–H groups in total. The second-order valence-electron chi connectivity index (χ2n) is 4.94. The molecule has 19 heavy (non-hydrogen) atoms. The standard InChI is InChI=1S/C15H16N2OS/c1-10-4-7-12(8-5-10)14-16-17-15(3,19-14)13-9-6-11(2)18-13/h4-9,17H,1-3H3/t15-/m1/s1. The van der Waals surface area contributed by atoms with Crippen molar-refractivity contribution in [3.63, 3.8) is 0 Å². The van der Waals surface area contributed by atoms with Crippen molar-refractivity contribution in [2.45, 2.75) is 25.6 Å². The average molecular weight is 272 g/mol. The molecule has 1 atom stereocenters. The molecule has 4 heteroatoms. The third-order valence-electron chi connectivity index (χ3n) is 3.18. The van der Waals surface area contributed by atoms with Crippen LogP contribution >= 0.6 is 11.8 Å². The first-order valence-electron chi connectivity index (χ1n) is 6.25. The second kappa shape index (κ2) is 4.46. The van der Waals surface area contributed by atoms with E-state index in [-0.39, 0.29) is 4.87 Å². The summed E-state index contributed by atoms with van der Waals surface area (Å²) in [5, 5.41) is 5.44. The van der Waals surface area contributed by atoms with Crippen LogP contribution in [0.1, 0.15) is 29.6 Å². The lowest BCUT2D eigenvalue weighted by Gasteiger charge is -2.19. The van der Waals surface area contributed by atoms with E-state index in [4.69, 9.17) is 4.42 Å². The smallest absolute Gasteiger partial charge is 0.160 e. The van der Waals surface area contributed by atoms with E-state index < -0.39 is 0 Å². The van der Waals surface area contributed by atoms with Crippen LogP contribution in [0.15, 0.2) is 45.9 Å². The lowest BCUT2D eigenvalue weighted by atomic mass is 10.2. The van der Waals surface area contributed by atoms with E-state index in [2.05, 4.69) is 48.6 Å². The lowest BCUT2D eigenvalue weighted by molar-refractivity contribution is 0.401. The van der Waals surface area contributed by atoms with Gasteiger partial charge in [-0.25, -0.2) is 0 Å². The van der Waals surface area contributed by atoms with Crippen LogP contribution in [0.25, 0.3) is 0 Å². The Balaban J connectivity index is 1.84. The first-order valence-corrected chi connectivity index (χ1v) is 7.06. The predicted octanol–water partition coefficient (Wildman–Crippen LogP) is 3.77. The molecule has 0 amide bonds. The first kappa shape index (κ1) is 12.4.